The molecule has 1 aromatic rings. The van der Waals surface area contributed by atoms with Crippen molar-refractivity contribution in [3.63, 3.8) is 0 Å². The van der Waals surface area contributed by atoms with E-state index in [9.17, 15) is 22.9 Å². The van der Waals surface area contributed by atoms with E-state index in [4.69, 9.17) is 0 Å². The molecule has 0 aliphatic carbocycles. The minimum Gasteiger partial charge on any atom is -0.258 e. The van der Waals surface area contributed by atoms with Crippen LogP contribution in [0.15, 0.2) is 23.1 Å². The molecule has 1 heterocycles. The molecule has 1 atom stereocenters. The number of benzene rings is 1. The maximum absolute atomic E-state index is 13.7. The highest BCUT2D eigenvalue weighted by Crippen LogP contribution is 2.27. The summed E-state index contributed by atoms with van der Waals surface area (Å²) < 4.78 is 40.2. The summed E-state index contributed by atoms with van der Waals surface area (Å²) in [5.74, 6) is -1.14. The number of nitro benzene ring substituents is 1. The summed E-state index contributed by atoms with van der Waals surface area (Å²) in [7, 11) is -3.83. The molecule has 1 aromatic carbocycles. The molecule has 0 bridgehead atoms. The first-order chi connectivity index (χ1) is 9.84. The predicted octanol–water partition coefficient (Wildman–Crippen LogP) is 2.69. The molecule has 116 valence electrons. The maximum Gasteiger partial charge on any atom is 0.304 e. The first-order valence-electron chi connectivity index (χ1n) is 6.80. The van der Waals surface area contributed by atoms with E-state index < -0.39 is 26.5 Å². The van der Waals surface area contributed by atoms with Crippen LogP contribution in [0.2, 0.25) is 0 Å². The molecule has 0 N–H and O–H groups in total. The quantitative estimate of drug-likeness (QED) is 0.634. The van der Waals surface area contributed by atoms with Crippen molar-refractivity contribution in [2.24, 2.45) is 0 Å². The topological polar surface area (TPSA) is 80.5 Å². The van der Waals surface area contributed by atoms with Gasteiger partial charge in [0.05, 0.1) is 9.82 Å². The van der Waals surface area contributed by atoms with Crippen molar-refractivity contribution < 1.29 is 17.7 Å². The Morgan fingerprint density at radius 1 is 1.33 bits per heavy atom. The molecule has 8 heteroatoms. The van der Waals surface area contributed by atoms with E-state index in [2.05, 4.69) is 0 Å². The molecule has 1 aliphatic rings. The van der Waals surface area contributed by atoms with Gasteiger partial charge in [-0.15, -0.1) is 0 Å². The molecule has 2 rings (SSSR count). The number of nitro groups is 1. The fourth-order valence-corrected chi connectivity index (χ4v) is 4.25. The molecule has 6 nitrogen and oxygen atoms in total. The minimum absolute atomic E-state index is 0.157. The van der Waals surface area contributed by atoms with Crippen molar-refractivity contribution >= 4 is 15.7 Å². The highest BCUT2D eigenvalue weighted by Gasteiger charge is 2.31. The van der Waals surface area contributed by atoms with Gasteiger partial charge >= 0.3 is 5.69 Å². The van der Waals surface area contributed by atoms with Crippen LogP contribution in [-0.4, -0.2) is 30.2 Å². The summed E-state index contributed by atoms with van der Waals surface area (Å²) >= 11 is 0. The fourth-order valence-electron chi connectivity index (χ4n) is 2.54. The van der Waals surface area contributed by atoms with E-state index in [1.165, 1.54) is 4.31 Å². The Hall–Kier alpha value is -1.54. The maximum atomic E-state index is 13.7. The highest BCUT2D eigenvalue weighted by atomic mass is 32.2. The monoisotopic (exact) mass is 316 g/mol. The van der Waals surface area contributed by atoms with E-state index in [1.54, 1.807) is 0 Å². The van der Waals surface area contributed by atoms with Gasteiger partial charge in [0.15, 0.2) is 0 Å². The molecule has 0 saturated carbocycles. The average molecular weight is 316 g/mol. The lowest BCUT2D eigenvalue weighted by Crippen LogP contribution is -2.38. The van der Waals surface area contributed by atoms with Crippen LogP contribution >= 0.6 is 0 Å². The average Bonchev–Trinajstić information content (AvgIpc) is 2.63. The Morgan fingerprint density at radius 2 is 2.05 bits per heavy atom. The van der Waals surface area contributed by atoms with Crippen LogP contribution in [-0.2, 0) is 10.0 Å². The van der Waals surface area contributed by atoms with Crippen LogP contribution in [0.25, 0.3) is 0 Å². The van der Waals surface area contributed by atoms with Gasteiger partial charge in [-0.3, -0.25) is 10.1 Å². The normalized spacial score (nSPS) is 21.0. The summed E-state index contributed by atoms with van der Waals surface area (Å²) in [4.78, 5) is 9.48. The zero-order valence-corrected chi connectivity index (χ0v) is 12.5. The third kappa shape index (κ3) is 3.21. The van der Waals surface area contributed by atoms with Crippen LogP contribution < -0.4 is 0 Å². The van der Waals surface area contributed by atoms with Gasteiger partial charge in [-0.1, -0.05) is 12.8 Å². The largest absolute Gasteiger partial charge is 0.304 e. The molecule has 1 aliphatic heterocycles. The number of hydrogen-bond acceptors (Lipinski definition) is 4. The Morgan fingerprint density at radius 3 is 2.67 bits per heavy atom. The standard InChI is InChI=1S/C13H17FN2O4S/c1-10-5-3-2-4-8-15(10)21(19,20)11-6-7-13(16(17)18)12(14)9-11/h6-7,9-10H,2-5,8H2,1H3. The molecule has 1 unspecified atom stereocenters. The molecule has 0 radical (unpaired) electrons. The number of rotatable bonds is 3. The van der Waals surface area contributed by atoms with Gasteiger partial charge in [0, 0.05) is 24.7 Å². The van der Waals surface area contributed by atoms with Crippen molar-refractivity contribution in [1.82, 2.24) is 4.31 Å². The molecule has 0 spiro atoms. The molecular formula is C13H17FN2O4S. The third-order valence-electron chi connectivity index (χ3n) is 3.71. The number of nitrogens with zero attached hydrogens (tertiary/aromatic N) is 2. The Labute approximate surface area is 122 Å². The van der Waals surface area contributed by atoms with Crippen molar-refractivity contribution in [3.05, 3.63) is 34.1 Å². The fraction of sp³-hybridized carbons (Fsp3) is 0.538. The van der Waals surface area contributed by atoms with Crippen molar-refractivity contribution in [3.8, 4) is 0 Å². The lowest BCUT2D eigenvalue weighted by atomic mass is 10.1. The second-order valence-corrected chi connectivity index (χ2v) is 7.07. The summed E-state index contributed by atoms with van der Waals surface area (Å²) in [5.41, 5.74) is -0.724. The van der Waals surface area contributed by atoms with Crippen LogP contribution in [0.4, 0.5) is 10.1 Å². The van der Waals surface area contributed by atoms with Gasteiger partial charge in [-0.2, -0.15) is 8.70 Å². The number of sulfonamides is 1. The van der Waals surface area contributed by atoms with E-state index in [0.29, 0.717) is 6.54 Å². The van der Waals surface area contributed by atoms with Crippen molar-refractivity contribution in [2.45, 2.75) is 43.5 Å². The first-order valence-corrected chi connectivity index (χ1v) is 8.24. The number of hydrogen-bond donors (Lipinski definition) is 0. The summed E-state index contributed by atoms with van der Waals surface area (Å²) in [6.45, 7) is 2.22. The van der Waals surface area contributed by atoms with Crippen molar-refractivity contribution in [2.75, 3.05) is 6.54 Å². The smallest absolute Gasteiger partial charge is 0.258 e. The van der Waals surface area contributed by atoms with Crippen molar-refractivity contribution in [1.29, 1.82) is 0 Å². The van der Waals surface area contributed by atoms with Gasteiger partial charge in [0.2, 0.25) is 15.8 Å². The second-order valence-electron chi connectivity index (χ2n) is 5.18. The van der Waals surface area contributed by atoms with Crippen LogP contribution in [0, 0.1) is 15.9 Å². The van der Waals surface area contributed by atoms with Gasteiger partial charge in [0.25, 0.3) is 0 Å². The Bertz CT molecular complexity index is 648. The summed E-state index contributed by atoms with van der Waals surface area (Å²) in [6, 6.07) is 2.56. The summed E-state index contributed by atoms with van der Waals surface area (Å²) in [6.07, 6.45) is 3.44. The second kappa shape index (κ2) is 6.07. The first kappa shape index (κ1) is 15.8. The Balaban J connectivity index is 2.39. The molecular weight excluding hydrogens is 299 g/mol. The molecule has 21 heavy (non-hydrogen) atoms. The van der Waals surface area contributed by atoms with Gasteiger partial charge in [0.1, 0.15) is 0 Å². The molecule has 1 saturated heterocycles. The molecule has 0 amide bonds. The number of halogens is 1. The third-order valence-corrected chi connectivity index (χ3v) is 5.72. The highest BCUT2D eigenvalue weighted by molar-refractivity contribution is 7.89. The van der Waals surface area contributed by atoms with E-state index in [1.807, 2.05) is 6.92 Å². The zero-order chi connectivity index (χ0) is 15.6. The van der Waals surface area contributed by atoms with Gasteiger partial charge < -0.3 is 0 Å². The predicted molar refractivity (Wildman–Crippen MR) is 74.9 cm³/mol. The summed E-state index contributed by atoms with van der Waals surface area (Å²) in [5, 5.41) is 10.6. The lowest BCUT2D eigenvalue weighted by molar-refractivity contribution is -0.387. The minimum atomic E-state index is -3.83. The van der Waals surface area contributed by atoms with Gasteiger partial charge in [-0.05, 0) is 25.8 Å². The molecule has 1 fully saturated rings. The molecule has 0 aromatic heterocycles. The Kier molecular flexibility index (Phi) is 4.58. The van der Waals surface area contributed by atoms with Gasteiger partial charge in [-0.25, -0.2) is 8.42 Å². The van der Waals surface area contributed by atoms with Crippen LogP contribution in [0.3, 0.4) is 0 Å². The lowest BCUT2D eigenvalue weighted by Gasteiger charge is -2.26. The van der Waals surface area contributed by atoms with Crippen LogP contribution in [0.5, 0.6) is 0 Å². The van der Waals surface area contributed by atoms with Crippen LogP contribution in [0.1, 0.15) is 32.6 Å². The van der Waals surface area contributed by atoms with E-state index in [0.717, 1.165) is 43.9 Å². The SMILES string of the molecule is CC1CCCCCN1S(=O)(=O)c1ccc([N+](=O)[O-])c(F)c1. The van der Waals surface area contributed by atoms with E-state index >= 15 is 0 Å². The zero-order valence-electron chi connectivity index (χ0n) is 11.7. The van der Waals surface area contributed by atoms with E-state index in [-0.39, 0.29) is 10.9 Å².